The minimum absolute atomic E-state index is 0.222. The third kappa shape index (κ3) is 3.16. The lowest BCUT2D eigenvalue weighted by atomic mass is 10.0. The van der Waals surface area contributed by atoms with E-state index >= 15 is 0 Å². The Labute approximate surface area is 114 Å². The molecule has 2 aromatic carbocycles. The van der Waals surface area contributed by atoms with Gasteiger partial charge >= 0.3 is 0 Å². The molecule has 2 nitrogen and oxygen atoms in total. The van der Waals surface area contributed by atoms with Crippen molar-refractivity contribution in [1.82, 2.24) is 0 Å². The maximum Gasteiger partial charge on any atom is 0.161 e. The van der Waals surface area contributed by atoms with Crippen LogP contribution >= 0.6 is 0 Å². The molecule has 0 amide bonds. The molecule has 0 saturated carbocycles. The van der Waals surface area contributed by atoms with Gasteiger partial charge in [-0.1, -0.05) is 42.5 Å². The third-order valence-electron chi connectivity index (χ3n) is 2.99. The van der Waals surface area contributed by atoms with E-state index in [9.17, 15) is 5.11 Å². The van der Waals surface area contributed by atoms with Crippen LogP contribution in [0.5, 0.6) is 11.5 Å². The van der Waals surface area contributed by atoms with E-state index in [4.69, 9.17) is 4.74 Å². The van der Waals surface area contributed by atoms with Crippen molar-refractivity contribution in [2.24, 2.45) is 0 Å². The highest BCUT2D eigenvalue weighted by molar-refractivity contribution is 5.59. The van der Waals surface area contributed by atoms with E-state index in [1.807, 2.05) is 61.5 Å². The second kappa shape index (κ2) is 6.10. The lowest BCUT2D eigenvalue weighted by Crippen LogP contribution is -1.93. The Morgan fingerprint density at radius 1 is 1.16 bits per heavy atom. The molecular weight excluding hydrogens is 236 g/mol. The van der Waals surface area contributed by atoms with Gasteiger partial charge in [0.25, 0.3) is 0 Å². The van der Waals surface area contributed by atoms with E-state index in [0.717, 1.165) is 16.7 Å². The number of ether oxygens (including phenoxy) is 1. The average molecular weight is 254 g/mol. The number of phenolic OH excluding ortho intramolecular Hbond substituents is 1. The molecule has 98 valence electrons. The molecule has 2 aromatic rings. The third-order valence-corrected chi connectivity index (χ3v) is 2.99. The zero-order valence-electron chi connectivity index (χ0n) is 11.3. The monoisotopic (exact) mass is 254 g/mol. The lowest BCUT2D eigenvalue weighted by molar-refractivity contribution is 0.371. The van der Waals surface area contributed by atoms with E-state index in [-0.39, 0.29) is 5.75 Å². The van der Waals surface area contributed by atoms with Gasteiger partial charge in [0.2, 0.25) is 0 Å². The van der Waals surface area contributed by atoms with Gasteiger partial charge in [0.05, 0.1) is 7.11 Å². The molecule has 0 fully saturated rings. The molecule has 0 spiro atoms. The van der Waals surface area contributed by atoms with Crippen LogP contribution in [-0.2, 0) is 6.42 Å². The predicted molar refractivity (Wildman–Crippen MR) is 78.6 cm³/mol. The topological polar surface area (TPSA) is 29.5 Å². The number of aromatic hydroxyl groups is 1. The molecule has 0 heterocycles. The van der Waals surface area contributed by atoms with E-state index in [1.54, 1.807) is 7.11 Å². The van der Waals surface area contributed by atoms with Crippen molar-refractivity contribution in [2.75, 3.05) is 7.11 Å². The normalized spacial score (nSPS) is 10.8. The van der Waals surface area contributed by atoms with Crippen LogP contribution in [0.4, 0.5) is 0 Å². The van der Waals surface area contributed by atoms with Crippen LogP contribution in [0.3, 0.4) is 0 Å². The first kappa shape index (κ1) is 13.2. The van der Waals surface area contributed by atoms with Crippen LogP contribution in [0.25, 0.3) is 6.08 Å². The molecule has 2 heteroatoms. The van der Waals surface area contributed by atoms with Crippen molar-refractivity contribution in [2.45, 2.75) is 13.3 Å². The fraction of sp³-hybridized carbons (Fsp3) is 0.176. The van der Waals surface area contributed by atoms with Gasteiger partial charge in [-0.15, -0.1) is 0 Å². The van der Waals surface area contributed by atoms with E-state index < -0.39 is 0 Å². The van der Waals surface area contributed by atoms with Crippen molar-refractivity contribution in [1.29, 1.82) is 0 Å². The summed E-state index contributed by atoms with van der Waals surface area (Å²) in [6, 6.07) is 13.9. The smallest absolute Gasteiger partial charge is 0.161 e. The zero-order chi connectivity index (χ0) is 13.7. The van der Waals surface area contributed by atoms with Crippen molar-refractivity contribution in [3.05, 3.63) is 65.2 Å². The summed E-state index contributed by atoms with van der Waals surface area (Å²) in [6.45, 7) is 1.97. The SMILES string of the molecule is CC=Cc1cc(Cc2ccccc2)c(O)c(OC)c1. The summed E-state index contributed by atoms with van der Waals surface area (Å²) in [5.41, 5.74) is 3.07. The number of hydrogen-bond acceptors (Lipinski definition) is 2. The molecule has 19 heavy (non-hydrogen) atoms. The maximum absolute atomic E-state index is 10.2. The van der Waals surface area contributed by atoms with Gasteiger partial charge < -0.3 is 9.84 Å². The van der Waals surface area contributed by atoms with E-state index in [0.29, 0.717) is 12.2 Å². The quantitative estimate of drug-likeness (QED) is 0.892. The molecule has 0 atom stereocenters. The fourth-order valence-corrected chi connectivity index (χ4v) is 2.08. The Kier molecular flexibility index (Phi) is 4.24. The standard InChI is InChI=1S/C17H18O2/c1-3-7-14-11-15(17(18)16(12-14)19-2)10-13-8-5-4-6-9-13/h3-9,11-12,18H,10H2,1-2H3. The highest BCUT2D eigenvalue weighted by atomic mass is 16.5. The van der Waals surface area contributed by atoms with E-state index in [2.05, 4.69) is 0 Å². The number of benzene rings is 2. The van der Waals surface area contributed by atoms with Crippen LogP contribution < -0.4 is 4.74 Å². The second-order valence-corrected chi connectivity index (χ2v) is 4.39. The van der Waals surface area contributed by atoms with Gasteiger partial charge in [-0.3, -0.25) is 0 Å². The summed E-state index contributed by atoms with van der Waals surface area (Å²) >= 11 is 0. The van der Waals surface area contributed by atoms with Gasteiger partial charge in [-0.2, -0.15) is 0 Å². The summed E-state index contributed by atoms with van der Waals surface area (Å²) in [5, 5.41) is 10.2. The summed E-state index contributed by atoms with van der Waals surface area (Å²) in [6.07, 6.45) is 4.66. The van der Waals surface area contributed by atoms with E-state index in [1.165, 1.54) is 0 Å². The first-order valence-electron chi connectivity index (χ1n) is 6.31. The molecule has 0 aliphatic heterocycles. The molecule has 0 unspecified atom stereocenters. The van der Waals surface area contributed by atoms with Gasteiger partial charge in [-0.25, -0.2) is 0 Å². The Bertz CT molecular complexity index is 571. The highest BCUT2D eigenvalue weighted by Crippen LogP contribution is 2.33. The van der Waals surface area contributed by atoms with Gasteiger partial charge in [0.15, 0.2) is 11.5 Å². The molecule has 2 rings (SSSR count). The van der Waals surface area contributed by atoms with Crippen molar-refractivity contribution < 1.29 is 9.84 Å². The number of rotatable bonds is 4. The van der Waals surface area contributed by atoms with Crippen LogP contribution in [0.1, 0.15) is 23.6 Å². The van der Waals surface area contributed by atoms with Crippen LogP contribution in [0.2, 0.25) is 0 Å². The summed E-state index contributed by atoms with van der Waals surface area (Å²) in [7, 11) is 1.57. The predicted octanol–water partition coefficient (Wildman–Crippen LogP) is 4.02. The maximum atomic E-state index is 10.2. The number of phenols is 1. The molecule has 0 aromatic heterocycles. The first-order chi connectivity index (χ1) is 9.24. The molecule has 0 bridgehead atoms. The molecule has 1 N–H and O–H groups in total. The van der Waals surface area contributed by atoms with Crippen molar-refractivity contribution >= 4 is 6.08 Å². The highest BCUT2D eigenvalue weighted by Gasteiger charge is 2.10. The van der Waals surface area contributed by atoms with Gasteiger partial charge in [0, 0.05) is 12.0 Å². The molecule has 0 radical (unpaired) electrons. The van der Waals surface area contributed by atoms with Gasteiger partial charge in [-0.05, 0) is 30.2 Å². The molecule has 0 aliphatic rings. The molecular formula is C17H18O2. The first-order valence-corrected chi connectivity index (χ1v) is 6.31. The Balaban J connectivity index is 2.40. The van der Waals surface area contributed by atoms with Crippen LogP contribution in [-0.4, -0.2) is 12.2 Å². The minimum atomic E-state index is 0.222. The Morgan fingerprint density at radius 3 is 2.53 bits per heavy atom. The van der Waals surface area contributed by atoms with Crippen LogP contribution in [0.15, 0.2) is 48.5 Å². The Hall–Kier alpha value is -2.22. The summed E-state index contributed by atoms with van der Waals surface area (Å²) in [4.78, 5) is 0. The van der Waals surface area contributed by atoms with Crippen molar-refractivity contribution in [3.8, 4) is 11.5 Å². The largest absolute Gasteiger partial charge is 0.504 e. The summed E-state index contributed by atoms with van der Waals surface area (Å²) in [5.74, 6) is 0.737. The number of allylic oxidation sites excluding steroid dienone is 1. The fourth-order valence-electron chi connectivity index (χ4n) is 2.08. The lowest BCUT2D eigenvalue weighted by Gasteiger charge is -2.11. The van der Waals surface area contributed by atoms with Gasteiger partial charge in [0.1, 0.15) is 0 Å². The second-order valence-electron chi connectivity index (χ2n) is 4.39. The number of methoxy groups -OCH3 is 1. The number of hydrogen-bond donors (Lipinski definition) is 1. The summed E-state index contributed by atoms with van der Waals surface area (Å²) < 4.78 is 5.23. The Morgan fingerprint density at radius 2 is 1.89 bits per heavy atom. The van der Waals surface area contributed by atoms with Crippen LogP contribution in [0, 0.1) is 0 Å². The van der Waals surface area contributed by atoms with Crippen molar-refractivity contribution in [3.63, 3.8) is 0 Å². The minimum Gasteiger partial charge on any atom is -0.504 e. The molecule has 0 aliphatic carbocycles. The zero-order valence-corrected chi connectivity index (χ0v) is 11.3. The average Bonchev–Trinajstić information content (AvgIpc) is 2.43. The molecule has 0 saturated heterocycles.